The summed E-state index contributed by atoms with van der Waals surface area (Å²) in [6.45, 7) is 1.86. The van der Waals surface area contributed by atoms with Crippen LogP contribution in [0.5, 0.6) is 11.5 Å². The van der Waals surface area contributed by atoms with Crippen LogP contribution < -0.4 is 9.47 Å². The van der Waals surface area contributed by atoms with Crippen LogP contribution >= 0.6 is 0 Å². The van der Waals surface area contributed by atoms with Crippen LogP contribution in [-0.2, 0) is 29.0 Å². The normalized spacial score (nSPS) is 10.3. The third-order valence-corrected chi connectivity index (χ3v) is 4.25. The number of hydrogen-bond donors (Lipinski definition) is 1. The summed E-state index contributed by atoms with van der Waals surface area (Å²) in [7, 11) is 3.08. The molecule has 0 saturated carbocycles. The number of carbonyl (C=O) groups is 2. The topological polar surface area (TPSA) is 76.1 Å². The lowest BCUT2D eigenvalue weighted by molar-refractivity contribution is -0.144. The third-order valence-electron chi connectivity index (χ3n) is 4.25. The van der Waals surface area contributed by atoms with Crippen molar-refractivity contribution in [2.75, 3.05) is 20.8 Å². The minimum atomic E-state index is -1.06. The first-order valence-corrected chi connectivity index (χ1v) is 8.74. The Kier molecular flexibility index (Phi) is 7.23. The predicted molar refractivity (Wildman–Crippen MR) is 102 cm³/mol. The highest BCUT2D eigenvalue weighted by Crippen LogP contribution is 2.23. The van der Waals surface area contributed by atoms with Crippen molar-refractivity contribution in [2.24, 2.45) is 0 Å². The molecule has 0 fully saturated rings. The van der Waals surface area contributed by atoms with Crippen LogP contribution in [0, 0.1) is 0 Å². The summed E-state index contributed by atoms with van der Waals surface area (Å²) < 4.78 is 10.5. The summed E-state index contributed by atoms with van der Waals surface area (Å²) in [5.41, 5.74) is 2.79. The van der Waals surface area contributed by atoms with E-state index in [1.54, 1.807) is 32.4 Å². The lowest BCUT2D eigenvalue weighted by Gasteiger charge is -2.21. The molecular formula is C21H25NO5. The summed E-state index contributed by atoms with van der Waals surface area (Å²) in [6, 6.07) is 13.0. The molecule has 144 valence electrons. The highest BCUT2D eigenvalue weighted by atomic mass is 16.5. The van der Waals surface area contributed by atoms with Gasteiger partial charge in [-0.2, -0.15) is 0 Å². The number of carbonyl (C=O) groups excluding carboxylic acids is 1. The van der Waals surface area contributed by atoms with Gasteiger partial charge in [-0.05, 0) is 35.2 Å². The molecule has 0 aliphatic carbocycles. The first-order valence-electron chi connectivity index (χ1n) is 8.74. The van der Waals surface area contributed by atoms with Crippen LogP contribution in [0.3, 0.4) is 0 Å². The molecule has 2 aromatic rings. The van der Waals surface area contributed by atoms with Gasteiger partial charge >= 0.3 is 5.97 Å². The van der Waals surface area contributed by atoms with Crippen molar-refractivity contribution in [1.82, 2.24) is 4.90 Å². The second kappa shape index (κ2) is 9.62. The van der Waals surface area contributed by atoms with E-state index in [1.807, 2.05) is 24.3 Å². The van der Waals surface area contributed by atoms with Gasteiger partial charge in [0, 0.05) is 12.6 Å². The number of aryl methyl sites for hydroxylation is 1. The molecular weight excluding hydrogens is 346 g/mol. The zero-order valence-corrected chi connectivity index (χ0v) is 15.9. The van der Waals surface area contributed by atoms with Gasteiger partial charge in [0.25, 0.3) is 0 Å². The van der Waals surface area contributed by atoms with Gasteiger partial charge in [0.15, 0.2) is 0 Å². The van der Waals surface area contributed by atoms with Crippen molar-refractivity contribution >= 4 is 11.9 Å². The summed E-state index contributed by atoms with van der Waals surface area (Å²) >= 11 is 0. The average molecular weight is 371 g/mol. The number of rotatable bonds is 9. The Morgan fingerprint density at radius 3 is 1.96 bits per heavy atom. The first kappa shape index (κ1) is 20.3. The molecule has 2 aromatic carbocycles. The molecule has 0 heterocycles. The number of benzene rings is 2. The van der Waals surface area contributed by atoms with Crippen molar-refractivity contribution in [3.63, 3.8) is 0 Å². The zero-order valence-electron chi connectivity index (χ0n) is 15.9. The van der Waals surface area contributed by atoms with Crippen molar-refractivity contribution < 1.29 is 24.2 Å². The highest BCUT2D eigenvalue weighted by Gasteiger charge is 2.18. The Morgan fingerprint density at radius 1 is 0.926 bits per heavy atom. The van der Waals surface area contributed by atoms with Crippen LogP contribution in [-0.4, -0.2) is 42.6 Å². The lowest BCUT2D eigenvalue weighted by atomic mass is 10.1. The van der Waals surface area contributed by atoms with Gasteiger partial charge < -0.3 is 19.5 Å². The Morgan fingerprint density at radius 2 is 1.48 bits per heavy atom. The van der Waals surface area contributed by atoms with E-state index >= 15 is 0 Å². The van der Waals surface area contributed by atoms with E-state index < -0.39 is 5.97 Å². The number of ether oxygens (including phenoxy) is 2. The van der Waals surface area contributed by atoms with E-state index in [0.717, 1.165) is 17.5 Å². The van der Waals surface area contributed by atoms with Crippen molar-refractivity contribution in [3.8, 4) is 11.5 Å². The lowest BCUT2D eigenvalue weighted by Crippen LogP contribution is -2.36. The maximum atomic E-state index is 12.7. The van der Waals surface area contributed by atoms with Gasteiger partial charge in [-0.25, -0.2) is 0 Å². The number of hydrogen-bond acceptors (Lipinski definition) is 4. The summed E-state index contributed by atoms with van der Waals surface area (Å²) in [6.07, 6.45) is 1.08. The number of carboxylic acid groups (broad SMARTS) is 1. The molecule has 0 saturated heterocycles. The molecule has 0 bridgehead atoms. The molecule has 0 aliphatic rings. The van der Waals surface area contributed by atoms with Crippen LogP contribution in [0.2, 0.25) is 0 Å². The summed E-state index contributed by atoms with van der Waals surface area (Å²) in [4.78, 5) is 25.3. The number of aliphatic carboxylic acids is 1. The van der Waals surface area contributed by atoms with E-state index in [9.17, 15) is 14.7 Å². The average Bonchev–Trinajstić information content (AvgIpc) is 2.67. The SMILES string of the molecule is CCc1ccc(CC(=O)N(CC(=O)O)Cc2cc(OC)cc(OC)c2)cc1. The van der Waals surface area contributed by atoms with Gasteiger partial charge in [-0.15, -0.1) is 0 Å². The molecule has 0 spiro atoms. The molecule has 27 heavy (non-hydrogen) atoms. The molecule has 0 aromatic heterocycles. The largest absolute Gasteiger partial charge is 0.497 e. The Bertz CT molecular complexity index is 763. The van der Waals surface area contributed by atoms with E-state index in [2.05, 4.69) is 6.92 Å². The Labute approximate surface area is 159 Å². The van der Waals surface area contributed by atoms with E-state index in [1.165, 1.54) is 10.5 Å². The molecule has 1 N–H and O–H groups in total. The van der Waals surface area contributed by atoms with Gasteiger partial charge in [0.2, 0.25) is 5.91 Å². The van der Waals surface area contributed by atoms with Crippen molar-refractivity contribution in [1.29, 1.82) is 0 Å². The number of carboxylic acids is 1. The second-order valence-electron chi connectivity index (χ2n) is 6.21. The van der Waals surface area contributed by atoms with Crippen molar-refractivity contribution in [3.05, 3.63) is 59.2 Å². The standard InChI is InChI=1S/C21H25NO5/c1-4-15-5-7-16(8-6-15)11-20(23)22(14-21(24)25)13-17-9-18(26-2)12-19(10-17)27-3/h5-10,12H,4,11,13-14H2,1-3H3,(H,24,25). The number of methoxy groups -OCH3 is 2. The molecule has 6 nitrogen and oxygen atoms in total. The third kappa shape index (κ3) is 6.02. The molecule has 2 rings (SSSR count). The number of amides is 1. The maximum absolute atomic E-state index is 12.7. The van der Waals surface area contributed by atoms with Crippen LogP contribution in [0.15, 0.2) is 42.5 Å². The van der Waals surface area contributed by atoms with Crippen LogP contribution in [0.1, 0.15) is 23.6 Å². The fraction of sp³-hybridized carbons (Fsp3) is 0.333. The predicted octanol–water partition coefficient (Wildman–Crippen LogP) is 2.92. The van der Waals surface area contributed by atoms with E-state index in [4.69, 9.17) is 9.47 Å². The van der Waals surface area contributed by atoms with Gasteiger partial charge in [0.05, 0.1) is 20.6 Å². The fourth-order valence-corrected chi connectivity index (χ4v) is 2.75. The van der Waals surface area contributed by atoms with Crippen LogP contribution in [0.25, 0.3) is 0 Å². The Hall–Kier alpha value is -3.02. The molecule has 0 atom stereocenters. The molecule has 6 heteroatoms. The molecule has 1 amide bonds. The van der Waals surface area contributed by atoms with Crippen LogP contribution in [0.4, 0.5) is 0 Å². The highest BCUT2D eigenvalue weighted by molar-refractivity contribution is 5.83. The smallest absolute Gasteiger partial charge is 0.323 e. The van der Waals surface area contributed by atoms with Gasteiger partial charge in [0.1, 0.15) is 18.0 Å². The first-order chi connectivity index (χ1) is 12.9. The van der Waals surface area contributed by atoms with Gasteiger partial charge in [-0.1, -0.05) is 31.2 Å². The molecule has 0 aliphatic heterocycles. The summed E-state index contributed by atoms with van der Waals surface area (Å²) in [5, 5.41) is 9.20. The minimum absolute atomic E-state index is 0.151. The fourth-order valence-electron chi connectivity index (χ4n) is 2.75. The Balaban J connectivity index is 2.18. The summed E-state index contributed by atoms with van der Waals surface area (Å²) in [5.74, 6) is -0.132. The quantitative estimate of drug-likeness (QED) is 0.733. The maximum Gasteiger partial charge on any atom is 0.323 e. The zero-order chi connectivity index (χ0) is 19.8. The monoisotopic (exact) mass is 371 g/mol. The van der Waals surface area contributed by atoms with E-state index in [0.29, 0.717) is 11.5 Å². The number of nitrogens with zero attached hydrogens (tertiary/aromatic N) is 1. The second-order valence-corrected chi connectivity index (χ2v) is 6.21. The molecule has 0 unspecified atom stereocenters. The van der Waals surface area contributed by atoms with E-state index in [-0.39, 0.29) is 25.4 Å². The minimum Gasteiger partial charge on any atom is -0.497 e. The molecule has 0 radical (unpaired) electrons. The van der Waals surface area contributed by atoms with Crippen molar-refractivity contribution in [2.45, 2.75) is 26.3 Å². The van der Waals surface area contributed by atoms with Gasteiger partial charge in [-0.3, -0.25) is 9.59 Å².